The average Bonchev–Trinajstić information content (AvgIpc) is 2.97. The minimum Gasteiger partial charge on any atom is -0.380 e. The molecule has 2 rings (SSSR count). The van der Waals surface area contributed by atoms with Crippen molar-refractivity contribution in [2.45, 2.75) is 27.2 Å². The molecule has 2 aromatic heterocycles. The monoisotopic (exact) mass is 308 g/mol. The van der Waals surface area contributed by atoms with Gasteiger partial charge in [-0.15, -0.1) is 11.3 Å². The van der Waals surface area contributed by atoms with Gasteiger partial charge in [-0.2, -0.15) is 4.98 Å². The van der Waals surface area contributed by atoms with Gasteiger partial charge >= 0.3 is 0 Å². The zero-order valence-corrected chi connectivity index (χ0v) is 13.9. The SMILES string of the molecule is CCCNc1nc(N(CC)CCOCC)c2ccsc2n1. The van der Waals surface area contributed by atoms with Crippen LogP contribution in [0.2, 0.25) is 0 Å². The maximum Gasteiger partial charge on any atom is 0.226 e. The molecule has 21 heavy (non-hydrogen) atoms. The van der Waals surface area contributed by atoms with Crippen LogP contribution in [0.25, 0.3) is 10.2 Å². The van der Waals surface area contributed by atoms with Gasteiger partial charge in [0.15, 0.2) is 0 Å². The Hall–Kier alpha value is -1.40. The highest BCUT2D eigenvalue weighted by Gasteiger charge is 2.14. The molecule has 2 aromatic rings. The first-order chi connectivity index (χ1) is 10.3. The Labute approximate surface area is 130 Å². The van der Waals surface area contributed by atoms with Gasteiger partial charge in [-0.05, 0) is 31.7 Å². The molecule has 0 unspecified atom stereocenters. The van der Waals surface area contributed by atoms with Crippen molar-refractivity contribution in [2.75, 3.05) is 43.1 Å². The van der Waals surface area contributed by atoms with Gasteiger partial charge < -0.3 is 15.0 Å². The number of rotatable bonds is 9. The summed E-state index contributed by atoms with van der Waals surface area (Å²) in [5, 5.41) is 6.49. The number of nitrogens with zero attached hydrogens (tertiary/aromatic N) is 3. The van der Waals surface area contributed by atoms with Crippen LogP contribution in [0.4, 0.5) is 11.8 Å². The van der Waals surface area contributed by atoms with Crippen LogP contribution in [0.3, 0.4) is 0 Å². The lowest BCUT2D eigenvalue weighted by molar-refractivity contribution is 0.154. The largest absolute Gasteiger partial charge is 0.380 e. The second-order valence-corrected chi connectivity index (χ2v) is 5.61. The third kappa shape index (κ3) is 4.04. The molecular weight excluding hydrogens is 284 g/mol. The standard InChI is InChI=1S/C15H24N4OS/c1-4-8-16-15-17-13(12-7-11-21-14(12)18-15)19(5-2)9-10-20-6-3/h7,11H,4-6,8-10H2,1-3H3,(H,16,17,18). The topological polar surface area (TPSA) is 50.3 Å². The summed E-state index contributed by atoms with van der Waals surface area (Å²) in [4.78, 5) is 12.6. The molecule has 0 bridgehead atoms. The van der Waals surface area contributed by atoms with E-state index < -0.39 is 0 Å². The van der Waals surface area contributed by atoms with E-state index in [9.17, 15) is 0 Å². The highest BCUT2D eigenvalue weighted by Crippen LogP contribution is 2.29. The zero-order chi connectivity index (χ0) is 15.1. The predicted molar refractivity (Wildman–Crippen MR) is 90.6 cm³/mol. The van der Waals surface area contributed by atoms with E-state index in [1.54, 1.807) is 11.3 Å². The molecule has 0 spiro atoms. The first-order valence-electron chi connectivity index (χ1n) is 7.61. The van der Waals surface area contributed by atoms with Crippen LogP contribution in [0.15, 0.2) is 11.4 Å². The van der Waals surface area contributed by atoms with Crippen LogP contribution in [-0.2, 0) is 4.74 Å². The maximum absolute atomic E-state index is 5.48. The van der Waals surface area contributed by atoms with Gasteiger partial charge in [-0.3, -0.25) is 0 Å². The fourth-order valence-corrected chi connectivity index (χ4v) is 2.89. The van der Waals surface area contributed by atoms with E-state index >= 15 is 0 Å². The van der Waals surface area contributed by atoms with E-state index in [-0.39, 0.29) is 0 Å². The predicted octanol–water partition coefficient (Wildman–Crippen LogP) is 3.38. The van der Waals surface area contributed by atoms with Crippen molar-refractivity contribution >= 4 is 33.3 Å². The first kappa shape index (κ1) is 16.0. The quantitative estimate of drug-likeness (QED) is 0.720. The van der Waals surface area contributed by atoms with Crippen molar-refractivity contribution in [1.82, 2.24) is 9.97 Å². The molecule has 1 N–H and O–H groups in total. The molecular formula is C15H24N4OS. The van der Waals surface area contributed by atoms with E-state index in [2.05, 4.69) is 40.5 Å². The molecule has 0 saturated carbocycles. The van der Waals surface area contributed by atoms with Crippen LogP contribution in [-0.4, -0.2) is 42.8 Å². The highest BCUT2D eigenvalue weighted by atomic mass is 32.1. The van der Waals surface area contributed by atoms with Crippen LogP contribution < -0.4 is 10.2 Å². The summed E-state index contributed by atoms with van der Waals surface area (Å²) < 4.78 is 5.48. The first-order valence-corrected chi connectivity index (χ1v) is 8.49. The Bertz CT molecular complexity index is 558. The second kappa shape index (κ2) is 8.14. The molecule has 0 radical (unpaired) electrons. The Morgan fingerprint density at radius 3 is 2.86 bits per heavy atom. The number of ether oxygens (including phenoxy) is 1. The van der Waals surface area contributed by atoms with Crippen LogP contribution in [0.1, 0.15) is 27.2 Å². The van der Waals surface area contributed by atoms with Gasteiger partial charge in [-0.1, -0.05) is 6.92 Å². The van der Waals surface area contributed by atoms with Gasteiger partial charge in [-0.25, -0.2) is 4.98 Å². The molecule has 0 atom stereocenters. The fourth-order valence-electron chi connectivity index (χ4n) is 2.13. The molecule has 2 heterocycles. The van der Waals surface area contributed by atoms with Crippen LogP contribution in [0, 0.1) is 0 Å². The van der Waals surface area contributed by atoms with E-state index in [1.807, 2.05) is 6.92 Å². The fraction of sp³-hybridized carbons (Fsp3) is 0.600. The number of likely N-dealkylation sites (N-methyl/N-ethyl adjacent to an activating group) is 1. The summed E-state index contributed by atoms with van der Waals surface area (Å²) in [5.41, 5.74) is 0. The molecule has 0 aliphatic rings. The van der Waals surface area contributed by atoms with Crippen LogP contribution in [0.5, 0.6) is 0 Å². The molecule has 5 nitrogen and oxygen atoms in total. The minimum absolute atomic E-state index is 0.719. The Balaban J connectivity index is 2.27. The second-order valence-electron chi connectivity index (χ2n) is 4.71. The van der Waals surface area contributed by atoms with E-state index in [0.717, 1.165) is 61.3 Å². The average molecular weight is 308 g/mol. The lowest BCUT2D eigenvalue weighted by atomic mass is 10.3. The van der Waals surface area contributed by atoms with Gasteiger partial charge in [0.1, 0.15) is 10.6 Å². The Morgan fingerprint density at radius 1 is 1.29 bits per heavy atom. The van der Waals surface area contributed by atoms with Crippen molar-refractivity contribution in [3.63, 3.8) is 0 Å². The van der Waals surface area contributed by atoms with Gasteiger partial charge in [0, 0.05) is 26.2 Å². The van der Waals surface area contributed by atoms with Crippen LogP contribution >= 0.6 is 11.3 Å². The lowest BCUT2D eigenvalue weighted by Gasteiger charge is -2.23. The minimum atomic E-state index is 0.719. The molecule has 0 saturated heterocycles. The smallest absolute Gasteiger partial charge is 0.226 e. The summed E-state index contributed by atoms with van der Waals surface area (Å²) in [6, 6.07) is 2.10. The van der Waals surface area contributed by atoms with Crippen molar-refractivity contribution in [1.29, 1.82) is 0 Å². The summed E-state index contributed by atoms with van der Waals surface area (Å²) in [6.07, 6.45) is 1.06. The molecule has 0 fully saturated rings. The Kier molecular flexibility index (Phi) is 6.20. The van der Waals surface area contributed by atoms with E-state index in [1.165, 1.54) is 0 Å². The van der Waals surface area contributed by atoms with Gasteiger partial charge in [0.2, 0.25) is 5.95 Å². The number of nitrogens with one attached hydrogen (secondary N) is 1. The normalized spacial score (nSPS) is 11.0. The highest BCUT2D eigenvalue weighted by molar-refractivity contribution is 7.16. The van der Waals surface area contributed by atoms with Crippen molar-refractivity contribution in [3.05, 3.63) is 11.4 Å². The molecule has 116 valence electrons. The zero-order valence-electron chi connectivity index (χ0n) is 13.1. The van der Waals surface area contributed by atoms with Crippen molar-refractivity contribution in [2.24, 2.45) is 0 Å². The molecule has 0 aliphatic carbocycles. The van der Waals surface area contributed by atoms with Gasteiger partial charge in [0.25, 0.3) is 0 Å². The number of hydrogen-bond donors (Lipinski definition) is 1. The number of anilines is 2. The number of aromatic nitrogens is 2. The van der Waals surface area contributed by atoms with E-state index in [0.29, 0.717) is 0 Å². The summed E-state index contributed by atoms with van der Waals surface area (Å²) in [6.45, 7) is 10.4. The summed E-state index contributed by atoms with van der Waals surface area (Å²) >= 11 is 1.66. The summed E-state index contributed by atoms with van der Waals surface area (Å²) in [7, 11) is 0. The third-order valence-corrected chi connectivity index (χ3v) is 4.04. The summed E-state index contributed by atoms with van der Waals surface area (Å²) in [5.74, 6) is 1.72. The van der Waals surface area contributed by atoms with E-state index in [4.69, 9.17) is 9.72 Å². The number of fused-ring (bicyclic) bond motifs is 1. The molecule has 0 amide bonds. The molecule has 6 heteroatoms. The van der Waals surface area contributed by atoms with Crippen molar-refractivity contribution in [3.8, 4) is 0 Å². The van der Waals surface area contributed by atoms with Gasteiger partial charge in [0.05, 0.1) is 12.0 Å². The number of thiophene rings is 1. The van der Waals surface area contributed by atoms with Crippen molar-refractivity contribution < 1.29 is 4.74 Å². The molecule has 0 aliphatic heterocycles. The maximum atomic E-state index is 5.48. The molecule has 0 aromatic carbocycles. The third-order valence-electron chi connectivity index (χ3n) is 3.23. The lowest BCUT2D eigenvalue weighted by Crippen LogP contribution is -2.28. The number of hydrogen-bond acceptors (Lipinski definition) is 6. The Morgan fingerprint density at radius 2 is 2.14 bits per heavy atom.